The van der Waals surface area contributed by atoms with E-state index in [1.165, 1.54) is 5.56 Å². The molecule has 1 fully saturated rings. The minimum atomic E-state index is 0.0221. The van der Waals surface area contributed by atoms with Crippen molar-refractivity contribution in [3.05, 3.63) is 65.2 Å². The van der Waals surface area contributed by atoms with Gasteiger partial charge in [-0.2, -0.15) is 0 Å². The van der Waals surface area contributed by atoms with Crippen molar-refractivity contribution < 1.29 is 4.79 Å². The predicted octanol–water partition coefficient (Wildman–Crippen LogP) is 3.30. The smallest absolute Gasteiger partial charge is 0.317 e. The zero-order valence-corrected chi connectivity index (χ0v) is 16.5. The Labute approximate surface area is 166 Å². The molecule has 0 saturated carbocycles. The topological polar surface area (TPSA) is 38.8 Å². The number of piperazine rings is 1. The van der Waals surface area contributed by atoms with Crippen LogP contribution in [0.1, 0.15) is 5.56 Å². The fraction of sp³-hybridized carbons (Fsp3) is 0.381. The second kappa shape index (κ2) is 9.62. The van der Waals surface area contributed by atoms with Crippen molar-refractivity contribution in [2.45, 2.75) is 6.54 Å². The molecule has 0 spiro atoms. The first-order chi connectivity index (χ1) is 13.1. The molecule has 0 unspecified atom stereocenters. The first-order valence-corrected chi connectivity index (χ1v) is 9.75. The molecule has 1 heterocycles. The van der Waals surface area contributed by atoms with E-state index in [0.29, 0.717) is 6.54 Å². The van der Waals surface area contributed by atoms with Crippen LogP contribution in [-0.4, -0.2) is 62.1 Å². The number of carbonyl (C=O) groups excluding carboxylic acids is 1. The lowest BCUT2D eigenvalue weighted by atomic mass is 10.2. The Morgan fingerprint density at radius 1 is 1.07 bits per heavy atom. The van der Waals surface area contributed by atoms with Crippen LogP contribution in [0.2, 0.25) is 5.02 Å². The maximum atomic E-state index is 12.4. The first kappa shape index (κ1) is 19.5. The highest BCUT2D eigenvalue weighted by Gasteiger charge is 2.21. The largest absolute Gasteiger partial charge is 0.368 e. The van der Waals surface area contributed by atoms with Gasteiger partial charge in [0.05, 0.1) is 0 Å². The Morgan fingerprint density at radius 3 is 2.52 bits per heavy atom. The Balaban J connectivity index is 1.37. The zero-order valence-electron chi connectivity index (χ0n) is 15.8. The second-order valence-corrected chi connectivity index (χ2v) is 7.35. The average molecular weight is 387 g/mol. The van der Waals surface area contributed by atoms with Crippen molar-refractivity contribution in [2.24, 2.45) is 0 Å². The van der Waals surface area contributed by atoms with Crippen LogP contribution in [-0.2, 0) is 6.54 Å². The van der Waals surface area contributed by atoms with Gasteiger partial charge < -0.3 is 20.0 Å². The van der Waals surface area contributed by atoms with Crippen molar-refractivity contribution in [3.63, 3.8) is 0 Å². The molecule has 27 heavy (non-hydrogen) atoms. The molecule has 0 aliphatic carbocycles. The van der Waals surface area contributed by atoms with Gasteiger partial charge in [0.1, 0.15) is 0 Å². The Morgan fingerprint density at radius 2 is 1.81 bits per heavy atom. The Kier molecular flexibility index (Phi) is 6.96. The summed E-state index contributed by atoms with van der Waals surface area (Å²) in [5, 5.41) is 3.78. The standard InChI is InChI=1S/C21H27ClN4O/c1-24(17-18-6-3-2-4-7-18)11-10-23-21(27)26-14-12-25(13-15-26)20-9-5-8-19(22)16-20/h2-9,16H,10-15,17H2,1H3,(H,23,27). The first-order valence-electron chi connectivity index (χ1n) is 9.37. The highest BCUT2D eigenvalue weighted by Crippen LogP contribution is 2.20. The summed E-state index contributed by atoms with van der Waals surface area (Å²) >= 11 is 6.07. The molecule has 2 aromatic rings. The highest BCUT2D eigenvalue weighted by molar-refractivity contribution is 6.30. The number of benzene rings is 2. The van der Waals surface area contributed by atoms with Gasteiger partial charge in [0, 0.05) is 56.5 Å². The molecule has 2 aromatic carbocycles. The van der Waals surface area contributed by atoms with E-state index in [9.17, 15) is 4.79 Å². The lowest BCUT2D eigenvalue weighted by molar-refractivity contribution is 0.192. The van der Waals surface area contributed by atoms with Crippen LogP contribution in [0.3, 0.4) is 0 Å². The quantitative estimate of drug-likeness (QED) is 0.827. The van der Waals surface area contributed by atoms with E-state index in [1.54, 1.807) is 0 Å². The maximum Gasteiger partial charge on any atom is 0.317 e. The average Bonchev–Trinajstić information content (AvgIpc) is 2.69. The minimum absolute atomic E-state index is 0.0221. The normalized spacial score (nSPS) is 14.5. The van der Waals surface area contributed by atoms with Crippen LogP contribution in [0.5, 0.6) is 0 Å². The lowest BCUT2D eigenvalue weighted by Gasteiger charge is -2.36. The highest BCUT2D eigenvalue weighted by atomic mass is 35.5. The van der Waals surface area contributed by atoms with Crippen molar-refractivity contribution in [3.8, 4) is 0 Å². The molecule has 2 amide bonds. The van der Waals surface area contributed by atoms with Crippen LogP contribution in [0.4, 0.5) is 10.5 Å². The number of likely N-dealkylation sites (N-methyl/N-ethyl adjacent to an activating group) is 1. The Hall–Kier alpha value is -2.24. The van der Waals surface area contributed by atoms with E-state index in [0.717, 1.165) is 50.0 Å². The van der Waals surface area contributed by atoms with Crippen LogP contribution in [0.25, 0.3) is 0 Å². The SMILES string of the molecule is CN(CCNC(=O)N1CCN(c2cccc(Cl)c2)CC1)Cc1ccccc1. The minimum Gasteiger partial charge on any atom is -0.368 e. The van der Waals surface area contributed by atoms with Crippen molar-refractivity contribution in [2.75, 3.05) is 51.2 Å². The molecule has 1 N–H and O–H groups in total. The summed E-state index contributed by atoms with van der Waals surface area (Å²) in [5.74, 6) is 0. The number of nitrogens with zero attached hydrogens (tertiary/aromatic N) is 3. The monoisotopic (exact) mass is 386 g/mol. The van der Waals surface area contributed by atoms with Gasteiger partial charge in [-0.3, -0.25) is 0 Å². The third-order valence-corrected chi connectivity index (χ3v) is 5.04. The molecule has 6 heteroatoms. The number of anilines is 1. The van der Waals surface area contributed by atoms with Gasteiger partial charge >= 0.3 is 6.03 Å². The van der Waals surface area contributed by atoms with E-state index >= 15 is 0 Å². The summed E-state index contributed by atoms with van der Waals surface area (Å²) in [6.45, 7) is 5.44. The van der Waals surface area contributed by atoms with Crippen LogP contribution in [0, 0.1) is 0 Å². The molecule has 0 radical (unpaired) electrons. The number of halogens is 1. The summed E-state index contributed by atoms with van der Waals surface area (Å²) in [6, 6.07) is 18.3. The van der Waals surface area contributed by atoms with E-state index < -0.39 is 0 Å². The number of carbonyl (C=O) groups is 1. The molecule has 5 nitrogen and oxygen atoms in total. The van der Waals surface area contributed by atoms with Gasteiger partial charge in [0.25, 0.3) is 0 Å². The predicted molar refractivity (Wildman–Crippen MR) is 111 cm³/mol. The fourth-order valence-electron chi connectivity index (χ4n) is 3.28. The van der Waals surface area contributed by atoms with E-state index in [-0.39, 0.29) is 6.03 Å². The molecule has 1 aliphatic heterocycles. The molecule has 1 saturated heterocycles. The number of amides is 2. The number of nitrogens with one attached hydrogen (secondary N) is 1. The fourth-order valence-corrected chi connectivity index (χ4v) is 3.46. The van der Waals surface area contributed by atoms with Crippen LogP contribution >= 0.6 is 11.6 Å². The second-order valence-electron chi connectivity index (χ2n) is 6.91. The number of rotatable bonds is 6. The number of hydrogen-bond donors (Lipinski definition) is 1. The van der Waals surface area contributed by atoms with Crippen molar-refractivity contribution >= 4 is 23.3 Å². The van der Waals surface area contributed by atoms with E-state index in [2.05, 4.69) is 40.4 Å². The molecular formula is C21H27ClN4O. The lowest BCUT2D eigenvalue weighted by Crippen LogP contribution is -2.52. The summed E-state index contributed by atoms with van der Waals surface area (Å²) in [7, 11) is 2.07. The van der Waals surface area contributed by atoms with Gasteiger partial charge in [-0.1, -0.05) is 48.0 Å². The zero-order chi connectivity index (χ0) is 19.1. The number of urea groups is 1. The molecule has 0 atom stereocenters. The maximum absolute atomic E-state index is 12.4. The van der Waals surface area contributed by atoms with E-state index in [1.807, 2.05) is 41.3 Å². The molecule has 1 aliphatic rings. The molecule has 3 rings (SSSR count). The number of hydrogen-bond acceptors (Lipinski definition) is 3. The summed E-state index contributed by atoms with van der Waals surface area (Å²) < 4.78 is 0. The van der Waals surface area contributed by atoms with Crippen molar-refractivity contribution in [1.82, 2.24) is 15.1 Å². The summed E-state index contributed by atoms with van der Waals surface area (Å²) in [4.78, 5) is 18.8. The van der Waals surface area contributed by atoms with Gasteiger partial charge in [-0.15, -0.1) is 0 Å². The molecular weight excluding hydrogens is 360 g/mol. The van der Waals surface area contributed by atoms with Crippen molar-refractivity contribution in [1.29, 1.82) is 0 Å². The van der Waals surface area contributed by atoms with Gasteiger partial charge in [0.15, 0.2) is 0 Å². The van der Waals surface area contributed by atoms with E-state index in [4.69, 9.17) is 11.6 Å². The van der Waals surface area contributed by atoms with Crippen LogP contribution < -0.4 is 10.2 Å². The summed E-state index contributed by atoms with van der Waals surface area (Å²) in [6.07, 6.45) is 0. The van der Waals surface area contributed by atoms with Crippen LogP contribution in [0.15, 0.2) is 54.6 Å². The molecule has 144 valence electrons. The third kappa shape index (κ3) is 5.88. The Bertz CT molecular complexity index is 732. The molecule has 0 bridgehead atoms. The third-order valence-electron chi connectivity index (χ3n) is 4.81. The summed E-state index contributed by atoms with van der Waals surface area (Å²) in [5.41, 5.74) is 2.40. The van der Waals surface area contributed by atoms with Gasteiger partial charge in [-0.25, -0.2) is 4.79 Å². The van der Waals surface area contributed by atoms with Gasteiger partial charge in [-0.05, 0) is 30.8 Å². The molecule has 0 aromatic heterocycles. The van der Waals surface area contributed by atoms with Gasteiger partial charge in [0.2, 0.25) is 0 Å².